The van der Waals surface area contributed by atoms with Gasteiger partial charge in [-0.15, -0.1) is 0 Å². The van der Waals surface area contributed by atoms with Crippen molar-refractivity contribution in [3.63, 3.8) is 0 Å². The van der Waals surface area contributed by atoms with E-state index in [-0.39, 0.29) is 18.2 Å². The minimum Gasteiger partial charge on any atom is -0.480 e. The Balaban J connectivity index is 2.05. The van der Waals surface area contributed by atoms with Gasteiger partial charge in [0.1, 0.15) is 5.54 Å². The third-order valence-electron chi connectivity index (χ3n) is 5.20. The Bertz CT molecular complexity index is 543. The third kappa shape index (κ3) is 4.50. The van der Waals surface area contributed by atoms with Gasteiger partial charge in [-0.25, -0.2) is 0 Å². The number of nitrogens with two attached hydrogens (primary N) is 1. The summed E-state index contributed by atoms with van der Waals surface area (Å²) >= 11 is 0. The lowest BCUT2D eigenvalue weighted by Gasteiger charge is -2.43. The van der Waals surface area contributed by atoms with Crippen LogP contribution in [0.4, 0.5) is 5.69 Å². The molecular formula is C17H27BN2O4. The minimum atomic E-state index is -1.34. The van der Waals surface area contributed by atoms with Gasteiger partial charge < -0.3 is 25.8 Å². The van der Waals surface area contributed by atoms with Gasteiger partial charge in [-0.05, 0) is 43.6 Å². The maximum Gasteiger partial charge on any atom is 0.451 e. The van der Waals surface area contributed by atoms with E-state index in [2.05, 4.69) is 0 Å². The molecule has 1 saturated carbocycles. The van der Waals surface area contributed by atoms with Crippen molar-refractivity contribution in [3.8, 4) is 0 Å². The molecule has 0 spiro atoms. The van der Waals surface area contributed by atoms with Gasteiger partial charge in [0.25, 0.3) is 0 Å². The summed E-state index contributed by atoms with van der Waals surface area (Å²) in [5, 5.41) is 27.7. The molecule has 1 aliphatic rings. The fourth-order valence-electron chi connectivity index (χ4n) is 3.71. The average Bonchev–Trinajstić information content (AvgIpc) is 2.55. The Labute approximate surface area is 143 Å². The molecule has 1 aliphatic carbocycles. The third-order valence-corrected chi connectivity index (χ3v) is 5.20. The van der Waals surface area contributed by atoms with Crippen molar-refractivity contribution in [1.82, 2.24) is 0 Å². The number of carboxylic acids is 1. The van der Waals surface area contributed by atoms with Crippen LogP contribution in [0.1, 0.15) is 25.7 Å². The Hall–Kier alpha value is -1.57. The fourth-order valence-corrected chi connectivity index (χ4v) is 3.71. The van der Waals surface area contributed by atoms with Gasteiger partial charge in [0.05, 0.1) is 0 Å². The van der Waals surface area contributed by atoms with Crippen molar-refractivity contribution in [3.05, 3.63) is 30.3 Å². The van der Waals surface area contributed by atoms with Gasteiger partial charge in [0.15, 0.2) is 0 Å². The van der Waals surface area contributed by atoms with Crippen LogP contribution < -0.4 is 10.6 Å². The normalized spacial score (nSPS) is 26.8. The van der Waals surface area contributed by atoms with Crippen LogP contribution in [-0.2, 0) is 4.79 Å². The topological polar surface area (TPSA) is 107 Å². The molecular weight excluding hydrogens is 307 g/mol. The van der Waals surface area contributed by atoms with Crippen molar-refractivity contribution in [2.45, 2.75) is 37.5 Å². The SMILES string of the molecule is CN(CC1CC[C@@H](CCB(O)O)C[C@]1(N)C(=O)O)c1ccccc1. The number of anilines is 1. The zero-order valence-corrected chi connectivity index (χ0v) is 14.1. The summed E-state index contributed by atoms with van der Waals surface area (Å²) in [7, 11) is 0.607. The number of hydrogen-bond donors (Lipinski definition) is 4. The van der Waals surface area contributed by atoms with Crippen LogP contribution in [0.2, 0.25) is 6.32 Å². The van der Waals surface area contributed by atoms with E-state index in [9.17, 15) is 9.90 Å². The molecule has 0 aromatic heterocycles. The molecule has 1 aromatic rings. The number of rotatable bonds is 7. The van der Waals surface area contributed by atoms with Crippen molar-refractivity contribution >= 4 is 18.8 Å². The lowest BCUT2D eigenvalue weighted by molar-refractivity contribution is -0.147. The summed E-state index contributed by atoms with van der Waals surface area (Å²) in [5.41, 5.74) is 6.08. The molecule has 3 atom stereocenters. The second-order valence-corrected chi connectivity index (χ2v) is 6.96. The molecule has 0 heterocycles. The molecule has 0 saturated heterocycles. The second-order valence-electron chi connectivity index (χ2n) is 6.96. The maximum absolute atomic E-state index is 11.8. The first-order valence-electron chi connectivity index (χ1n) is 8.47. The molecule has 24 heavy (non-hydrogen) atoms. The minimum absolute atomic E-state index is 0.117. The van der Waals surface area contributed by atoms with Crippen LogP contribution in [-0.4, -0.2) is 47.4 Å². The van der Waals surface area contributed by atoms with Gasteiger partial charge in [0.2, 0.25) is 0 Å². The van der Waals surface area contributed by atoms with Crippen LogP contribution in [0.25, 0.3) is 0 Å². The molecule has 0 radical (unpaired) electrons. The lowest BCUT2D eigenvalue weighted by Crippen LogP contribution is -2.59. The molecule has 5 N–H and O–H groups in total. The first kappa shape index (κ1) is 18.8. The zero-order chi connectivity index (χ0) is 17.7. The van der Waals surface area contributed by atoms with E-state index in [1.165, 1.54) is 0 Å². The first-order valence-corrected chi connectivity index (χ1v) is 8.47. The predicted octanol–water partition coefficient (Wildman–Crippen LogP) is 1.18. The number of para-hydroxylation sites is 1. The van der Waals surface area contributed by atoms with E-state index in [0.717, 1.165) is 18.5 Å². The Morgan fingerprint density at radius 2 is 2.00 bits per heavy atom. The maximum atomic E-state index is 11.8. The molecule has 0 amide bonds. The van der Waals surface area contributed by atoms with Crippen LogP contribution >= 0.6 is 0 Å². The highest BCUT2D eigenvalue weighted by molar-refractivity contribution is 6.40. The number of hydrogen-bond acceptors (Lipinski definition) is 5. The second kappa shape index (κ2) is 8.01. The summed E-state index contributed by atoms with van der Waals surface area (Å²) in [5.74, 6) is -0.995. The molecule has 1 fully saturated rings. The van der Waals surface area contributed by atoms with E-state index < -0.39 is 18.6 Å². The molecule has 132 valence electrons. The van der Waals surface area contributed by atoms with Crippen LogP contribution in [0, 0.1) is 11.8 Å². The summed E-state index contributed by atoms with van der Waals surface area (Å²) in [4.78, 5) is 13.9. The number of carbonyl (C=O) groups is 1. The van der Waals surface area contributed by atoms with Crippen molar-refractivity contribution < 1.29 is 19.9 Å². The molecule has 1 aromatic carbocycles. The summed E-state index contributed by atoms with van der Waals surface area (Å²) < 4.78 is 0. The van der Waals surface area contributed by atoms with Gasteiger partial charge >= 0.3 is 13.1 Å². The van der Waals surface area contributed by atoms with Gasteiger partial charge in [-0.1, -0.05) is 24.6 Å². The van der Waals surface area contributed by atoms with E-state index >= 15 is 0 Å². The summed E-state index contributed by atoms with van der Waals surface area (Å²) in [6.45, 7) is 0.585. The highest BCUT2D eigenvalue weighted by Gasteiger charge is 2.47. The van der Waals surface area contributed by atoms with E-state index in [1.54, 1.807) is 0 Å². The number of nitrogens with zero attached hydrogens (tertiary/aromatic N) is 1. The molecule has 7 heteroatoms. The van der Waals surface area contributed by atoms with Crippen molar-refractivity contribution in [1.29, 1.82) is 0 Å². The highest BCUT2D eigenvalue weighted by atomic mass is 16.4. The van der Waals surface area contributed by atoms with Gasteiger partial charge in [-0.2, -0.15) is 0 Å². The van der Waals surface area contributed by atoms with Crippen LogP contribution in [0.3, 0.4) is 0 Å². The molecule has 1 unspecified atom stereocenters. The molecule has 2 rings (SSSR count). The quantitative estimate of drug-likeness (QED) is 0.558. The Morgan fingerprint density at radius 3 is 2.58 bits per heavy atom. The van der Waals surface area contributed by atoms with E-state index in [0.29, 0.717) is 19.4 Å². The Kier molecular flexibility index (Phi) is 6.26. The van der Waals surface area contributed by atoms with Crippen molar-refractivity contribution in [2.24, 2.45) is 17.6 Å². The Morgan fingerprint density at radius 1 is 1.33 bits per heavy atom. The largest absolute Gasteiger partial charge is 0.480 e. The lowest BCUT2D eigenvalue weighted by atomic mass is 9.66. The molecule has 0 bridgehead atoms. The smallest absolute Gasteiger partial charge is 0.451 e. The monoisotopic (exact) mass is 334 g/mol. The van der Waals surface area contributed by atoms with E-state index in [1.807, 2.05) is 42.3 Å². The molecule has 6 nitrogen and oxygen atoms in total. The summed E-state index contributed by atoms with van der Waals surface area (Å²) in [6, 6.07) is 9.84. The summed E-state index contributed by atoms with van der Waals surface area (Å²) in [6.07, 6.45) is 2.82. The van der Waals surface area contributed by atoms with Crippen molar-refractivity contribution in [2.75, 3.05) is 18.5 Å². The van der Waals surface area contributed by atoms with E-state index in [4.69, 9.17) is 15.8 Å². The van der Waals surface area contributed by atoms with Crippen LogP contribution in [0.5, 0.6) is 0 Å². The molecule has 0 aliphatic heterocycles. The number of benzene rings is 1. The zero-order valence-electron chi connectivity index (χ0n) is 14.1. The fraction of sp³-hybridized carbons (Fsp3) is 0.588. The number of aliphatic carboxylic acids is 1. The van der Waals surface area contributed by atoms with Gasteiger partial charge in [0, 0.05) is 25.2 Å². The first-order chi connectivity index (χ1) is 11.3. The predicted molar refractivity (Wildman–Crippen MR) is 94.7 cm³/mol. The number of carboxylic acid groups (broad SMARTS) is 1. The van der Waals surface area contributed by atoms with Gasteiger partial charge in [-0.3, -0.25) is 4.79 Å². The van der Waals surface area contributed by atoms with Crippen LogP contribution in [0.15, 0.2) is 30.3 Å². The average molecular weight is 334 g/mol. The highest BCUT2D eigenvalue weighted by Crippen LogP contribution is 2.39. The standard InChI is InChI=1S/C17H27BN2O4/c1-20(15-5-3-2-4-6-15)12-14-8-7-13(9-10-18(23)24)11-17(14,19)16(21)22/h2-6,13-14,23-24H,7-12,19H2,1H3,(H,21,22)/t13-,14?,17+/m0/s1.